The number of hydrogen-bond donors (Lipinski definition) is 2. The van der Waals surface area contributed by atoms with Gasteiger partial charge in [0.05, 0.1) is 23.0 Å². The number of ether oxygens (including phenoxy) is 1. The Balaban J connectivity index is 1.40. The van der Waals surface area contributed by atoms with E-state index in [9.17, 15) is 18.3 Å². The number of nitrogens with one attached hydrogen (secondary N) is 1. The molecule has 0 saturated heterocycles. The molecule has 0 fully saturated rings. The molecular formula is C34H33NO5S. The van der Waals surface area contributed by atoms with Gasteiger partial charge in [-0.25, -0.2) is 8.42 Å². The Kier molecular flexibility index (Phi) is 8.78. The Morgan fingerprint density at radius 1 is 0.927 bits per heavy atom. The summed E-state index contributed by atoms with van der Waals surface area (Å²) in [5.41, 5.74) is 4.41. The summed E-state index contributed by atoms with van der Waals surface area (Å²) in [6.45, 7) is 1.89. The van der Waals surface area contributed by atoms with Crippen molar-refractivity contribution in [2.75, 3.05) is 0 Å². The van der Waals surface area contributed by atoms with Crippen molar-refractivity contribution in [3.05, 3.63) is 143 Å². The summed E-state index contributed by atoms with van der Waals surface area (Å²) in [6.07, 6.45) is 2.11. The lowest BCUT2D eigenvalue weighted by molar-refractivity contribution is -0.157. The molecule has 0 bridgehead atoms. The molecule has 0 radical (unpaired) electrons. The molecule has 4 aromatic carbocycles. The van der Waals surface area contributed by atoms with E-state index in [0.29, 0.717) is 6.42 Å². The predicted octanol–water partition coefficient (Wildman–Crippen LogP) is 5.42. The minimum Gasteiger partial charge on any atom is -0.460 e. The zero-order chi connectivity index (χ0) is 28.8. The van der Waals surface area contributed by atoms with Crippen LogP contribution in [0, 0.1) is 12.8 Å². The molecule has 5 rings (SSSR count). The topological polar surface area (TPSA) is 92.7 Å². The van der Waals surface area contributed by atoms with Gasteiger partial charge >= 0.3 is 5.97 Å². The molecule has 0 saturated carbocycles. The summed E-state index contributed by atoms with van der Waals surface area (Å²) in [5, 5.41) is 11.2. The Bertz CT molecular complexity index is 1600. The molecule has 0 amide bonds. The highest BCUT2D eigenvalue weighted by atomic mass is 32.2. The van der Waals surface area contributed by atoms with Gasteiger partial charge in [-0.1, -0.05) is 115 Å². The molecule has 1 aliphatic rings. The second-order valence-corrected chi connectivity index (χ2v) is 12.1. The van der Waals surface area contributed by atoms with Gasteiger partial charge in [0, 0.05) is 6.42 Å². The molecule has 0 heterocycles. The van der Waals surface area contributed by atoms with Gasteiger partial charge < -0.3 is 9.84 Å². The monoisotopic (exact) mass is 567 g/mol. The highest BCUT2D eigenvalue weighted by Crippen LogP contribution is 2.35. The molecule has 0 unspecified atom stereocenters. The summed E-state index contributed by atoms with van der Waals surface area (Å²) >= 11 is 0. The standard InChI is InChI=1S/C34H33NO5S/c1-24-16-19-28(20-17-24)41(38,39)35-33-29-15-9-8-14-27(29)23-32(33)40-34(37)30(22-26-12-6-3-7-13-26)31(36)21-18-25-10-4-2-5-11-25/h2-21,30-33,35-36H,22-23H2,1H3/b21-18+/t30-,31-,32+,33-/m0/s1. The molecule has 0 aliphatic heterocycles. The van der Waals surface area contributed by atoms with Crippen LogP contribution in [0.1, 0.15) is 33.9 Å². The second-order valence-electron chi connectivity index (χ2n) is 10.3. The van der Waals surface area contributed by atoms with Gasteiger partial charge in [0.15, 0.2) is 0 Å². The number of sulfonamides is 1. The number of carbonyl (C=O) groups is 1. The molecule has 0 aromatic heterocycles. The zero-order valence-electron chi connectivity index (χ0n) is 22.8. The van der Waals surface area contributed by atoms with Crippen molar-refractivity contribution >= 4 is 22.1 Å². The summed E-state index contributed by atoms with van der Waals surface area (Å²) in [7, 11) is -3.90. The van der Waals surface area contributed by atoms with Gasteiger partial charge in [-0.05, 0) is 47.7 Å². The molecule has 6 nitrogen and oxygen atoms in total. The van der Waals surface area contributed by atoms with E-state index in [2.05, 4.69) is 4.72 Å². The van der Waals surface area contributed by atoms with Crippen molar-refractivity contribution in [3.8, 4) is 0 Å². The third kappa shape index (κ3) is 7.00. The lowest BCUT2D eigenvalue weighted by atomic mass is 9.93. The molecule has 4 aromatic rings. The van der Waals surface area contributed by atoms with Crippen molar-refractivity contribution in [1.29, 1.82) is 0 Å². The number of benzene rings is 4. The van der Waals surface area contributed by atoms with E-state index in [1.807, 2.05) is 91.9 Å². The van der Waals surface area contributed by atoms with Gasteiger partial charge in [-0.2, -0.15) is 4.72 Å². The predicted molar refractivity (Wildman–Crippen MR) is 159 cm³/mol. The number of rotatable bonds is 10. The lowest BCUT2D eigenvalue weighted by Crippen LogP contribution is -2.39. The Morgan fingerprint density at radius 3 is 2.27 bits per heavy atom. The number of hydrogen-bond acceptors (Lipinski definition) is 5. The van der Waals surface area contributed by atoms with E-state index in [-0.39, 0.29) is 11.3 Å². The van der Waals surface area contributed by atoms with E-state index in [1.165, 1.54) is 0 Å². The Labute approximate surface area is 241 Å². The van der Waals surface area contributed by atoms with E-state index in [1.54, 1.807) is 36.4 Å². The van der Waals surface area contributed by atoms with E-state index in [4.69, 9.17) is 4.74 Å². The quantitative estimate of drug-likeness (QED) is 0.250. The number of fused-ring (bicyclic) bond motifs is 1. The number of aliphatic hydroxyl groups excluding tert-OH is 1. The fraction of sp³-hybridized carbons (Fsp3) is 0.206. The van der Waals surface area contributed by atoms with Crippen LogP contribution in [0.5, 0.6) is 0 Å². The first-order valence-electron chi connectivity index (χ1n) is 13.6. The maximum Gasteiger partial charge on any atom is 0.312 e. The van der Waals surface area contributed by atoms with Crippen molar-refractivity contribution in [2.24, 2.45) is 5.92 Å². The Morgan fingerprint density at radius 2 is 1.56 bits per heavy atom. The van der Waals surface area contributed by atoms with Crippen LogP contribution >= 0.6 is 0 Å². The highest BCUT2D eigenvalue weighted by molar-refractivity contribution is 7.89. The highest BCUT2D eigenvalue weighted by Gasteiger charge is 2.40. The lowest BCUT2D eigenvalue weighted by Gasteiger charge is -2.26. The smallest absolute Gasteiger partial charge is 0.312 e. The summed E-state index contributed by atoms with van der Waals surface area (Å²) in [5.74, 6) is -1.48. The largest absolute Gasteiger partial charge is 0.460 e. The first-order valence-corrected chi connectivity index (χ1v) is 15.1. The van der Waals surface area contributed by atoms with Gasteiger partial charge in [0.1, 0.15) is 6.10 Å². The fourth-order valence-corrected chi connectivity index (χ4v) is 6.36. The summed E-state index contributed by atoms with van der Waals surface area (Å²) in [6, 6.07) is 32.3. The first kappa shape index (κ1) is 28.5. The molecule has 210 valence electrons. The molecule has 0 spiro atoms. The van der Waals surface area contributed by atoms with Crippen molar-refractivity contribution < 1.29 is 23.1 Å². The molecule has 41 heavy (non-hydrogen) atoms. The SMILES string of the molecule is Cc1ccc(S(=O)(=O)N[C@H]2c3ccccc3C[C@H]2OC(=O)[C@@H](Cc2ccccc2)[C@@H](O)/C=C/c2ccccc2)cc1. The van der Waals surface area contributed by atoms with Crippen LogP contribution < -0.4 is 4.72 Å². The van der Waals surface area contributed by atoms with E-state index >= 15 is 0 Å². The van der Waals surface area contributed by atoms with Crippen LogP contribution in [0.2, 0.25) is 0 Å². The first-order chi connectivity index (χ1) is 19.8. The summed E-state index contributed by atoms with van der Waals surface area (Å²) in [4.78, 5) is 13.9. The van der Waals surface area contributed by atoms with Crippen LogP contribution in [-0.2, 0) is 32.4 Å². The summed E-state index contributed by atoms with van der Waals surface area (Å²) < 4.78 is 35.5. The average molecular weight is 568 g/mol. The van der Waals surface area contributed by atoms with Gasteiger partial charge in [0.2, 0.25) is 10.0 Å². The average Bonchev–Trinajstić information content (AvgIpc) is 3.31. The third-order valence-corrected chi connectivity index (χ3v) is 8.82. The van der Waals surface area contributed by atoms with Crippen LogP contribution in [0.4, 0.5) is 0 Å². The molecule has 7 heteroatoms. The number of aliphatic hydroxyl groups is 1. The maximum atomic E-state index is 13.7. The number of aryl methyl sites for hydroxylation is 1. The van der Waals surface area contributed by atoms with Gasteiger partial charge in [-0.15, -0.1) is 0 Å². The van der Waals surface area contributed by atoms with E-state index in [0.717, 1.165) is 27.8 Å². The van der Waals surface area contributed by atoms with Crippen LogP contribution in [0.25, 0.3) is 6.08 Å². The van der Waals surface area contributed by atoms with Crippen molar-refractivity contribution in [1.82, 2.24) is 4.72 Å². The third-order valence-electron chi connectivity index (χ3n) is 7.36. The van der Waals surface area contributed by atoms with Crippen LogP contribution in [0.15, 0.2) is 120 Å². The number of esters is 1. The van der Waals surface area contributed by atoms with Gasteiger partial charge in [-0.3, -0.25) is 4.79 Å². The molecule has 4 atom stereocenters. The number of carbonyl (C=O) groups excluding carboxylic acids is 1. The molecule has 1 aliphatic carbocycles. The van der Waals surface area contributed by atoms with Crippen LogP contribution in [-0.4, -0.2) is 31.7 Å². The molecule has 2 N–H and O–H groups in total. The minimum atomic E-state index is -3.90. The molecular weight excluding hydrogens is 534 g/mol. The van der Waals surface area contributed by atoms with E-state index < -0.39 is 40.2 Å². The Hall–Kier alpha value is -4.04. The fourth-order valence-electron chi connectivity index (χ4n) is 5.12. The minimum absolute atomic E-state index is 0.140. The van der Waals surface area contributed by atoms with Crippen molar-refractivity contribution in [3.63, 3.8) is 0 Å². The van der Waals surface area contributed by atoms with Crippen LogP contribution in [0.3, 0.4) is 0 Å². The second kappa shape index (κ2) is 12.6. The van der Waals surface area contributed by atoms with Gasteiger partial charge in [0.25, 0.3) is 0 Å². The van der Waals surface area contributed by atoms with Crippen molar-refractivity contribution in [2.45, 2.75) is 42.9 Å². The maximum absolute atomic E-state index is 13.7. The zero-order valence-corrected chi connectivity index (χ0v) is 23.6. The normalized spacial score (nSPS) is 18.1.